The van der Waals surface area contributed by atoms with Crippen molar-refractivity contribution in [2.45, 2.75) is 18.8 Å². The summed E-state index contributed by atoms with van der Waals surface area (Å²) in [6, 6.07) is 1.63. The molecule has 0 amide bonds. The first-order chi connectivity index (χ1) is 7.83. The molecule has 1 saturated carbocycles. The van der Waals surface area contributed by atoms with Crippen LogP contribution in [0.4, 0.5) is 5.95 Å². The molecule has 0 radical (unpaired) electrons. The number of anilines is 1. The lowest BCUT2D eigenvalue weighted by Crippen LogP contribution is -2.38. The van der Waals surface area contributed by atoms with E-state index in [1.54, 1.807) is 6.07 Å². The number of aromatic amines is 1. The van der Waals surface area contributed by atoms with E-state index < -0.39 is 0 Å². The number of nitrogens with zero attached hydrogens (tertiary/aromatic N) is 2. The van der Waals surface area contributed by atoms with Gasteiger partial charge in [-0.05, 0) is 12.8 Å². The molecular weight excluding hydrogens is 206 g/mol. The maximum atomic E-state index is 11.5. The lowest BCUT2D eigenvalue weighted by molar-refractivity contribution is 0.122. The van der Waals surface area contributed by atoms with Gasteiger partial charge in [0.25, 0.3) is 5.56 Å². The summed E-state index contributed by atoms with van der Waals surface area (Å²) < 4.78 is 5.28. The van der Waals surface area contributed by atoms with Crippen molar-refractivity contribution < 1.29 is 4.74 Å². The maximum absolute atomic E-state index is 11.5. The van der Waals surface area contributed by atoms with Crippen LogP contribution in [0.15, 0.2) is 10.9 Å². The van der Waals surface area contributed by atoms with Gasteiger partial charge >= 0.3 is 0 Å². The molecule has 1 aliphatic carbocycles. The standard InChI is InChI=1S/C11H15N3O2/c15-10-7-9(8-1-2-8)12-11(13-10)14-3-5-16-6-4-14/h7-8H,1-6H2,(H,12,13,15). The molecule has 1 N–H and O–H groups in total. The predicted molar refractivity (Wildman–Crippen MR) is 59.9 cm³/mol. The van der Waals surface area contributed by atoms with Crippen molar-refractivity contribution in [2.24, 2.45) is 0 Å². The van der Waals surface area contributed by atoms with E-state index in [1.807, 2.05) is 0 Å². The van der Waals surface area contributed by atoms with Crippen molar-refractivity contribution in [3.05, 3.63) is 22.1 Å². The van der Waals surface area contributed by atoms with E-state index in [-0.39, 0.29) is 5.56 Å². The van der Waals surface area contributed by atoms with Crippen molar-refractivity contribution >= 4 is 5.95 Å². The van der Waals surface area contributed by atoms with Gasteiger partial charge in [-0.3, -0.25) is 9.78 Å². The van der Waals surface area contributed by atoms with Crippen LogP contribution in [0.1, 0.15) is 24.5 Å². The summed E-state index contributed by atoms with van der Waals surface area (Å²) >= 11 is 0. The number of ether oxygens (including phenoxy) is 1. The van der Waals surface area contributed by atoms with Gasteiger partial charge in [0.2, 0.25) is 5.95 Å². The largest absolute Gasteiger partial charge is 0.378 e. The molecule has 1 aliphatic heterocycles. The van der Waals surface area contributed by atoms with Crippen molar-refractivity contribution in [3.8, 4) is 0 Å². The molecule has 16 heavy (non-hydrogen) atoms. The molecule has 2 heterocycles. The lowest BCUT2D eigenvalue weighted by atomic mass is 10.3. The Hall–Kier alpha value is -1.36. The minimum Gasteiger partial charge on any atom is -0.378 e. The average molecular weight is 221 g/mol. The summed E-state index contributed by atoms with van der Waals surface area (Å²) in [5.41, 5.74) is 0.906. The molecule has 1 aromatic heterocycles. The second kappa shape index (κ2) is 3.90. The van der Waals surface area contributed by atoms with Gasteiger partial charge in [-0.25, -0.2) is 4.98 Å². The zero-order valence-corrected chi connectivity index (χ0v) is 9.11. The molecule has 5 heteroatoms. The Labute approximate surface area is 93.4 Å². The van der Waals surface area contributed by atoms with Crippen LogP contribution in [0, 0.1) is 0 Å². The van der Waals surface area contributed by atoms with Gasteiger partial charge in [-0.15, -0.1) is 0 Å². The number of aromatic nitrogens is 2. The highest BCUT2D eigenvalue weighted by Gasteiger charge is 2.26. The first kappa shape index (κ1) is 9.84. The Kier molecular flexibility index (Phi) is 2.40. The molecule has 2 aliphatic rings. The van der Waals surface area contributed by atoms with E-state index in [0.29, 0.717) is 25.1 Å². The average Bonchev–Trinajstić information content (AvgIpc) is 3.13. The summed E-state index contributed by atoms with van der Waals surface area (Å²) in [6.45, 7) is 3.02. The molecule has 86 valence electrons. The van der Waals surface area contributed by atoms with Crippen LogP contribution in [0.2, 0.25) is 0 Å². The van der Waals surface area contributed by atoms with Crippen molar-refractivity contribution in [2.75, 3.05) is 31.2 Å². The molecule has 5 nitrogen and oxygen atoms in total. The van der Waals surface area contributed by atoms with Crippen LogP contribution >= 0.6 is 0 Å². The molecule has 1 saturated heterocycles. The first-order valence-corrected chi connectivity index (χ1v) is 5.77. The minimum absolute atomic E-state index is 0.0432. The van der Waals surface area contributed by atoms with Gasteiger partial charge in [0.05, 0.1) is 18.9 Å². The van der Waals surface area contributed by atoms with Crippen LogP contribution in [0.3, 0.4) is 0 Å². The molecule has 2 fully saturated rings. The summed E-state index contributed by atoms with van der Waals surface area (Å²) in [5, 5.41) is 0. The smallest absolute Gasteiger partial charge is 0.252 e. The highest BCUT2D eigenvalue weighted by atomic mass is 16.5. The Bertz CT molecular complexity index is 433. The van der Waals surface area contributed by atoms with E-state index in [1.165, 1.54) is 12.8 Å². The second-order valence-corrected chi connectivity index (χ2v) is 4.37. The second-order valence-electron chi connectivity index (χ2n) is 4.37. The zero-order valence-electron chi connectivity index (χ0n) is 9.11. The normalized spacial score (nSPS) is 21.1. The van der Waals surface area contributed by atoms with E-state index in [0.717, 1.165) is 18.8 Å². The molecule has 3 rings (SSSR count). The molecule has 0 atom stereocenters. The monoisotopic (exact) mass is 221 g/mol. The Morgan fingerprint density at radius 3 is 2.81 bits per heavy atom. The number of hydrogen-bond acceptors (Lipinski definition) is 4. The van der Waals surface area contributed by atoms with Crippen LogP contribution in [0.25, 0.3) is 0 Å². The Balaban J connectivity index is 1.89. The third kappa shape index (κ3) is 1.95. The minimum atomic E-state index is -0.0432. The fourth-order valence-corrected chi connectivity index (χ4v) is 1.98. The molecule has 0 aromatic carbocycles. The van der Waals surface area contributed by atoms with E-state index >= 15 is 0 Å². The van der Waals surface area contributed by atoms with Crippen molar-refractivity contribution in [1.29, 1.82) is 0 Å². The number of nitrogens with one attached hydrogen (secondary N) is 1. The molecule has 0 unspecified atom stereocenters. The van der Waals surface area contributed by atoms with Crippen molar-refractivity contribution in [3.63, 3.8) is 0 Å². The summed E-state index contributed by atoms with van der Waals surface area (Å²) in [5.74, 6) is 1.22. The van der Waals surface area contributed by atoms with Crippen LogP contribution in [0.5, 0.6) is 0 Å². The zero-order chi connectivity index (χ0) is 11.0. The number of hydrogen-bond donors (Lipinski definition) is 1. The number of morpholine rings is 1. The molecular formula is C11H15N3O2. The topological polar surface area (TPSA) is 58.2 Å². The fraction of sp³-hybridized carbons (Fsp3) is 0.636. The third-order valence-corrected chi connectivity index (χ3v) is 3.06. The maximum Gasteiger partial charge on any atom is 0.252 e. The number of H-pyrrole nitrogens is 1. The van der Waals surface area contributed by atoms with E-state index in [4.69, 9.17) is 4.74 Å². The predicted octanol–water partition coefficient (Wildman–Crippen LogP) is 0.484. The van der Waals surface area contributed by atoms with Crippen LogP contribution < -0.4 is 10.5 Å². The summed E-state index contributed by atoms with van der Waals surface area (Å²) in [6.07, 6.45) is 2.33. The highest BCUT2D eigenvalue weighted by Crippen LogP contribution is 2.38. The van der Waals surface area contributed by atoms with Gasteiger partial charge in [-0.2, -0.15) is 0 Å². The van der Waals surface area contributed by atoms with Gasteiger partial charge in [0, 0.05) is 25.1 Å². The van der Waals surface area contributed by atoms with Gasteiger partial charge in [0.15, 0.2) is 0 Å². The Morgan fingerprint density at radius 1 is 1.38 bits per heavy atom. The van der Waals surface area contributed by atoms with Gasteiger partial charge in [-0.1, -0.05) is 0 Å². The Morgan fingerprint density at radius 2 is 2.12 bits per heavy atom. The summed E-state index contributed by atoms with van der Waals surface area (Å²) in [4.78, 5) is 21.0. The fourth-order valence-electron chi connectivity index (χ4n) is 1.98. The summed E-state index contributed by atoms with van der Waals surface area (Å²) in [7, 11) is 0. The van der Waals surface area contributed by atoms with Crippen molar-refractivity contribution in [1.82, 2.24) is 9.97 Å². The van der Waals surface area contributed by atoms with E-state index in [9.17, 15) is 4.79 Å². The van der Waals surface area contributed by atoms with Crippen LogP contribution in [-0.4, -0.2) is 36.3 Å². The van der Waals surface area contributed by atoms with Gasteiger partial charge in [0.1, 0.15) is 0 Å². The van der Waals surface area contributed by atoms with E-state index in [2.05, 4.69) is 14.9 Å². The molecule has 0 bridgehead atoms. The van der Waals surface area contributed by atoms with Gasteiger partial charge < -0.3 is 9.64 Å². The first-order valence-electron chi connectivity index (χ1n) is 5.77. The quantitative estimate of drug-likeness (QED) is 0.789. The third-order valence-electron chi connectivity index (χ3n) is 3.06. The highest BCUT2D eigenvalue weighted by molar-refractivity contribution is 5.32. The lowest BCUT2D eigenvalue weighted by Gasteiger charge is -2.27. The molecule has 0 spiro atoms. The SMILES string of the molecule is O=c1cc(C2CC2)nc(N2CCOCC2)[nH]1. The van der Waals surface area contributed by atoms with Crippen LogP contribution in [-0.2, 0) is 4.74 Å². The number of rotatable bonds is 2. The molecule has 1 aromatic rings.